The van der Waals surface area contributed by atoms with E-state index in [0.717, 1.165) is 44.2 Å². The molecule has 2 aliphatic heterocycles. The van der Waals surface area contributed by atoms with E-state index in [0.29, 0.717) is 11.6 Å². The van der Waals surface area contributed by atoms with Crippen LogP contribution in [0.15, 0.2) is 24.3 Å². The van der Waals surface area contributed by atoms with Crippen LogP contribution in [0.25, 0.3) is 5.69 Å². The Morgan fingerprint density at radius 3 is 2.52 bits per heavy atom. The van der Waals surface area contributed by atoms with Gasteiger partial charge < -0.3 is 14.4 Å². The zero-order valence-corrected chi connectivity index (χ0v) is 16.3. The Balaban J connectivity index is 0.00000210. The van der Waals surface area contributed by atoms with Crippen molar-refractivity contribution in [1.82, 2.24) is 14.7 Å². The van der Waals surface area contributed by atoms with Crippen LogP contribution in [0, 0.1) is 6.92 Å². The van der Waals surface area contributed by atoms with E-state index in [1.165, 1.54) is 12.1 Å². The lowest BCUT2D eigenvalue weighted by atomic mass is 10.2. The third-order valence-corrected chi connectivity index (χ3v) is 4.77. The van der Waals surface area contributed by atoms with E-state index in [2.05, 4.69) is 24.4 Å². The van der Waals surface area contributed by atoms with Crippen LogP contribution in [0.1, 0.15) is 5.69 Å². The molecule has 1 saturated heterocycles. The topological polar surface area (TPSA) is 42.8 Å². The fraction of sp³-hybridized carbons (Fsp3) is 0.471. The Kier molecular flexibility index (Phi) is 5.69. The molecule has 0 amide bonds. The van der Waals surface area contributed by atoms with Gasteiger partial charge in [0.15, 0.2) is 17.3 Å². The van der Waals surface area contributed by atoms with Crippen molar-refractivity contribution in [3.8, 4) is 17.2 Å². The molecule has 148 valence electrons. The highest BCUT2D eigenvalue weighted by Crippen LogP contribution is 2.42. The monoisotopic (exact) mass is 420 g/mol. The van der Waals surface area contributed by atoms with Crippen molar-refractivity contribution in [2.24, 2.45) is 0 Å². The highest BCUT2D eigenvalue weighted by molar-refractivity contribution is 6.18. The highest BCUT2D eigenvalue weighted by Gasteiger charge is 2.43. The summed E-state index contributed by atoms with van der Waals surface area (Å²) in [4.78, 5) is 4.54. The first kappa shape index (κ1) is 20.0. The lowest BCUT2D eigenvalue weighted by Gasteiger charge is -2.34. The molecule has 0 unspecified atom stereocenters. The van der Waals surface area contributed by atoms with Crippen LogP contribution in [-0.2, 0) is 0 Å². The number of aryl methyl sites for hydroxylation is 1. The summed E-state index contributed by atoms with van der Waals surface area (Å²) in [6.45, 7) is 6.46. The maximum absolute atomic E-state index is 13.2. The Morgan fingerprint density at radius 1 is 1.11 bits per heavy atom. The van der Waals surface area contributed by atoms with Crippen molar-refractivity contribution in [3.63, 3.8) is 0 Å². The standard InChI is InChI=1S/C17H19ClF2N4O2.ClH/c1-12-10-16(23-8-6-22(5-4-18)7-9-23)21-24(12)13-2-3-14-15(11-13)26-17(19,20)25-14;/h2-3,10-11H,4-9H2,1H3;1H. The summed E-state index contributed by atoms with van der Waals surface area (Å²) in [5.41, 5.74) is 1.56. The van der Waals surface area contributed by atoms with Gasteiger partial charge in [-0.15, -0.1) is 32.8 Å². The molecule has 0 saturated carbocycles. The Hall–Kier alpha value is -1.77. The second-order valence-corrected chi connectivity index (χ2v) is 6.75. The molecule has 1 aromatic heterocycles. The summed E-state index contributed by atoms with van der Waals surface area (Å²) >= 11 is 5.80. The molecule has 3 heterocycles. The Labute approximate surface area is 167 Å². The fourth-order valence-corrected chi connectivity index (χ4v) is 3.50. The number of rotatable bonds is 4. The molecule has 0 bridgehead atoms. The number of nitrogens with zero attached hydrogens (tertiary/aromatic N) is 4. The number of aromatic nitrogens is 2. The van der Waals surface area contributed by atoms with Crippen molar-refractivity contribution in [2.45, 2.75) is 13.2 Å². The molecule has 6 nitrogen and oxygen atoms in total. The number of benzene rings is 1. The number of hydrogen-bond donors (Lipinski definition) is 0. The summed E-state index contributed by atoms with van der Waals surface area (Å²) in [6, 6.07) is 6.66. The predicted octanol–water partition coefficient (Wildman–Crippen LogP) is 3.28. The van der Waals surface area contributed by atoms with Gasteiger partial charge in [0.2, 0.25) is 0 Å². The zero-order chi connectivity index (χ0) is 18.3. The summed E-state index contributed by atoms with van der Waals surface area (Å²) in [6.07, 6.45) is -3.62. The van der Waals surface area contributed by atoms with Crippen molar-refractivity contribution < 1.29 is 18.3 Å². The molecule has 4 rings (SSSR count). The molecular weight excluding hydrogens is 401 g/mol. The summed E-state index contributed by atoms with van der Waals surface area (Å²) in [7, 11) is 0. The molecule has 10 heteroatoms. The van der Waals surface area contributed by atoms with E-state index < -0.39 is 6.29 Å². The van der Waals surface area contributed by atoms with Crippen molar-refractivity contribution in [3.05, 3.63) is 30.0 Å². The van der Waals surface area contributed by atoms with Gasteiger partial charge in [-0.3, -0.25) is 4.90 Å². The number of fused-ring (bicyclic) bond motifs is 1. The summed E-state index contributed by atoms with van der Waals surface area (Å²) < 4.78 is 37.1. The first-order valence-corrected chi connectivity index (χ1v) is 8.99. The van der Waals surface area contributed by atoms with E-state index in [1.54, 1.807) is 10.7 Å². The SMILES string of the molecule is Cc1cc(N2CCN(CCCl)CC2)nn1-c1ccc2c(c1)OC(F)(F)O2.Cl. The van der Waals surface area contributed by atoms with Crippen LogP contribution in [-0.4, -0.2) is 59.6 Å². The molecule has 0 aliphatic carbocycles. The molecule has 0 radical (unpaired) electrons. The van der Waals surface area contributed by atoms with Crippen LogP contribution >= 0.6 is 24.0 Å². The van der Waals surface area contributed by atoms with Gasteiger partial charge in [0.25, 0.3) is 0 Å². The van der Waals surface area contributed by atoms with Gasteiger partial charge in [0, 0.05) is 56.4 Å². The first-order chi connectivity index (χ1) is 12.4. The predicted molar refractivity (Wildman–Crippen MR) is 101 cm³/mol. The molecule has 27 heavy (non-hydrogen) atoms. The number of piperazine rings is 1. The Morgan fingerprint density at radius 2 is 1.81 bits per heavy atom. The molecule has 1 fully saturated rings. The van der Waals surface area contributed by atoms with Gasteiger partial charge in [0.05, 0.1) is 5.69 Å². The zero-order valence-electron chi connectivity index (χ0n) is 14.7. The molecule has 1 aromatic carbocycles. The highest BCUT2D eigenvalue weighted by atomic mass is 35.5. The number of halogens is 4. The van der Waals surface area contributed by atoms with Gasteiger partial charge in [0.1, 0.15) is 0 Å². The van der Waals surface area contributed by atoms with Crippen LogP contribution in [0.3, 0.4) is 0 Å². The second-order valence-electron chi connectivity index (χ2n) is 6.37. The van der Waals surface area contributed by atoms with Gasteiger partial charge in [-0.05, 0) is 19.1 Å². The molecular formula is C17H20Cl2F2N4O2. The second kappa shape index (κ2) is 7.69. The summed E-state index contributed by atoms with van der Waals surface area (Å²) in [5, 5.41) is 4.65. The maximum Gasteiger partial charge on any atom is 0.586 e. The minimum absolute atomic E-state index is 0. The summed E-state index contributed by atoms with van der Waals surface area (Å²) in [5.74, 6) is 1.55. The van der Waals surface area contributed by atoms with E-state index in [4.69, 9.17) is 11.6 Å². The van der Waals surface area contributed by atoms with Gasteiger partial charge in [-0.2, -0.15) is 5.10 Å². The third-order valence-electron chi connectivity index (χ3n) is 4.60. The molecule has 2 aromatic rings. The van der Waals surface area contributed by atoms with Crippen molar-refractivity contribution in [2.75, 3.05) is 43.5 Å². The third kappa shape index (κ3) is 4.07. The minimum Gasteiger partial charge on any atom is -0.395 e. The van der Waals surface area contributed by atoms with Gasteiger partial charge in [-0.25, -0.2) is 4.68 Å². The smallest absolute Gasteiger partial charge is 0.395 e. The number of ether oxygens (including phenoxy) is 2. The average Bonchev–Trinajstić information content (AvgIpc) is 3.13. The van der Waals surface area contributed by atoms with Crippen molar-refractivity contribution in [1.29, 1.82) is 0 Å². The lowest BCUT2D eigenvalue weighted by Crippen LogP contribution is -2.47. The maximum atomic E-state index is 13.2. The van der Waals surface area contributed by atoms with Gasteiger partial charge in [-0.1, -0.05) is 0 Å². The van der Waals surface area contributed by atoms with E-state index in [1.807, 2.05) is 13.0 Å². The number of hydrogen-bond acceptors (Lipinski definition) is 5. The van der Waals surface area contributed by atoms with Crippen LogP contribution in [0.2, 0.25) is 0 Å². The fourth-order valence-electron chi connectivity index (χ4n) is 3.26. The van der Waals surface area contributed by atoms with E-state index in [9.17, 15) is 8.78 Å². The largest absolute Gasteiger partial charge is 0.586 e. The van der Waals surface area contributed by atoms with Crippen molar-refractivity contribution >= 4 is 29.8 Å². The van der Waals surface area contributed by atoms with E-state index >= 15 is 0 Å². The lowest BCUT2D eigenvalue weighted by molar-refractivity contribution is -0.286. The molecule has 0 spiro atoms. The normalized spacial score (nSPS) is 18.4. The minimum atomic E-state index is -3.62. The Bertz CT molecular complexity index is 810. The molecule has 2 aliphatic rings. The van der Waals surface area contributed by atoms with E-state index in [-0.39, 0.29) is 23.9 Å². The number of alkyl halides is 3. The van der Waals surface area contributed by atoms with Crippen LogP contribution in [0.4, 0.5) is 14.6 Å². The van der Waals surface area contributed by atoms with Crippen LogP contribution in [0.5, 0.6) is 11.5 Å². The average molecular weight is 421 g/mol. The molecule has 0 atom stereocenters. The van der Waals surface area contributed by atoms with Gasteiger partial charge >= 0.3 is 6.29 Å². The van der Waals surface area contributed by atoms with Crippen LogP contribution < -0.4 is 14.4 Å². The molecule has 0 N–H and O–H groups in total. The number of anilines is 1. The quantitative estimate of drug-likeness (QED) is 0.709. The first-order valence-electron chi connectivity index (χ1n) is 8.45.